The lowest BCUT2D eigenvalue weighted by Crippen LogP contribution is -2.19. The lowest BCUT2D eigenvalue weighted by molar-refractivity contribution is -0.114. The molecule has 0 aromatic rings. The molecule has 0 amide bonds. The molecule has 0 fully saturated rings. The zero-order valence-corrected chi connectivity index (χ0v) is 22.6. The molecule has 1 atom stereocenters. The number of hydrogen-bond donors (Lipinski definition) is 0. The number of rotatable bonds is 9. The number of carbonyl (C=O) groups excluding carboxylic acids is 1. The molecule has 1 heterocycles. The average Bonchev–Trinajstić information content (AvgIpc) is 3.25. The lowest BCUT2D eigenvalue weighted by atomic mass is 9.90. The van der Waals surface area contributed by atoms with E-state index in [4.69, 9.17) is 0 Å². The van der Waals surface area contributed by atoms with Gasteiger partial charge >= 0.3 is 0 Å². The Labute approximate surface area is 199 Å². The summed E-state index contributed by atoms with van der Waals surface area (Å²) in [6.45, 7) is 21.0. The molecule has 0 saturated heterocycles. The Kier molecular flexibility index (Phi) is 15.7. The zero-order chi connectivity index (χ0) is 24.7. The highest BCUT2D eigenvalue weighted by molar-refractivity contribution is 6.02. The van der Waals surface area contributed by atoms with Crippen molar-refractivity contribution in [1.82, 2.24) is 9.80 Å². The molecule has 3 heteroatoms. The second-order valence-corrected chi connectivity index (χ2v) is 8.52. The topological polar surface area (TPSA) is 23.6 Å². The van der Waals surface area contributed by atoms with Crippen LogP contribution in [0.5, 0.6) is 0 Å². The van der Waals surface area contributed by atoms with E-state index < -0.39 is 0 Å². The minimum Gasteiger partial charge on any atom is -0.348 e. The fourth-order valence-electron chi connectivity index (χ4n) is 4.33. The number of Topliss-reactive ketones (excluding diaryl/α,β-unsaturated/α-hetero) is 1. The van der Waals surface area contributed by atoms with E-state index >= 15 is 0 Å². The standard InChI is InChI=1S/C20H27NO.C7H17N.C2H6/c1-6-9-10-18-14(4)20(15(5)21(18)13-7-2)17-11-12-19(22)16(17)8-3;1-4-5-6-7-8(2)3;1-2/h6,8-10,14H,3,7,11-13H2,1-2,4-5H3;4-7H2,1-3H3;1-2H3/b9-6-,18-10+;;. The summed E-state index contributed by atoms with van der Waals surface area (Å²) in [5, 5.41) is 0. The van der Waals surface area contributed by atoms with E-state index in [9.17, 15) is 4.79 Å². The van der Waals surface area contributed by atoms with Crippen molar-refractivity contribution < 1.29 is 4.79 Å². The van der Waals surface area contributed by atoms with Crippen molar-refractivity contribution in [3.05, 3.63) is 59.0 Å². The van der Waals surface area contributed by atoms with Crippen molar-refractivity contribution in [2.75, 3.05) is 27.2 Å². The Hall–Kier alpha value is -1.87. The van der Waals surface area contributed by atoms with Gasteiger partial charge in [0.05, 0.1) is 0 Å². The Balaban J connectivity index is 0.000000814. The van der Waals surface area contributed by atoms with Crippen molar-refractivity contribution in [1.29, 1.82) is 0 Å². The predicted molar refractivity (Wildman–Crippen MR) is 143 cm³/mol. The summed E-state index contributed by atoms with van der Waals surface area (Å²) in [5.74, 6) is 0.573. The van der Waals surface area contributed by atoms with Gasteiger partial charge in [-0.3, -0.25) is 4.79 Å². The number of nitrogens with zero attached hydrogens (tertiary/aromatic N) is 2. The monoisotopic (exact) mass is 442 g/mol. The quantitative estimate of drug-likeness (QED) is 0.342. The maximum atomic E-state index is 12.1. The minimum atomic E-state index is 0.241. The molecule has 2 aliphatic rings. The largest absolute Gasteiger partial charge is 0.348 e. The first kappa shape index (κ1) is 30.1. The SMILES string of the molecule is C=CC1=C(C2=C(C)N(CCC)/C(=C/C=C\C)C2C)CCC1=O.CC.CCCCCN(C)C. The van der Waals surface area contributed by atoms with Crippen molar-refractivity contribution in [2.45, 2.75) is 87.0 Å². The van der Waals surface area contributed by atoms with E-state index in [0.29, 0.717) is 12.3 Å². The van der Waals surface area contributed by atoms with E-state index in [1.807, 2.05) is 20.8 Å². The molecule has 1 unspecified atom stereocenters. The molecule has 3 nitrogen and oxygen atoms in total. The van der Waals surface area contributed by atoms with E-state index in [0.717, 1.165) is 25.0 Å². The van der Waals surface area contributed by atoms with Crippen LogP contribution in [0.1, 0.15) is 87.0 Å². The number of ketones is 1. The van der Waals surface area contributed by atoms with Gasteiger partial charge in [0.2, 0.25) is 0 Å². The maximum absolute atomic E-state index is 12.1. The van der Waals surface area contributed by atoms with Gasteiger partial charge in [-0.05, 0) is 71.0 Å². The van der Waals surface area contributed by atoms with Gasteiger partial charge in [0.1, 0.15) is 0 Å². The Morgan fingerprint density at radius 3 is 2.28 bits per heavy atom. The summed E-state index contributed by atoms with van der Waals surface area (Å²) in [6.07, 6.45) is 14.8. The van der Waals surface area contributed by atoms with Gasteiger partial charge in [0.15, 0.2) is 5.78 Å². The van der Waals surface area contributed by atoms with Gasteiger partial charge in [-0.1, -0.05) is 72.3 Å². The molecule has 182 valence electrons. The average molecular weight is 443 g/mol. The highest BCUT2D eigenvalue weighted by atomic mass is 16.1. The molecule has 1 aliphatic carbocycles. The van der Waals surface area contributed by atoms with E-state index in [1.54, 1.807) is 6.08 Å². The molecule has 0 aromatic heterocycles. The predicted octanol–water partition coefficient (Wildman–Crippen LogP) is 7.69. The summed E-state index contributed by atoms with van der Waals surface area (Å²) < 4.78 is 0. The number of carbonyl (C=O) groups is 1. The molecule has 1 aliphatic heterocycles. The number of unbranched alkanes of at least 4 members (excludes halogenated alkanes) is 2. The smallest absolute Gasteiger partial charge is 0.163 e. The second-order valence-electron chi connectivity index (χ2n) is 8.52. The van der Waals surface area contributed by atoms with Crippen molar-refractivity contribution in [3.63, 3.8) is 0 Å². The molecule has 0 N–H and O–H groups in total. The Morgan fingerprint density at radius 1 is 1.12 bits per heavy atom. The lowest BCUT2D eigenvalue weighted by Gasteiger charge is -2.22. The van der Waals surface area contributed by atoms with Crippen LogP contribution in [-0.2, 0) is 4.79 Å². The first-order valence-electron chi connectivity index (χ1n) is 12.7. The maximum Gasteiger partial charge on any atom is 0.163 e. The molecule has 32 heavy (non-hydrogen) atoms. The van der Waals surface area contributed by atoms with Crippen molar-refractivity contribution >= 4 is 5.78 Å². The molecule has 0 saturated carbocycles. The molecule has 0 aromatic carbocycles. The molecule has 0 spiro atoms. The van der Waals surface area contributed by atoms with Crippen LogP contribution in [0.3, 0.4) is 0 Å². The van der Waals surface area contributed by atoms with E-state index in [-0.39, 0.29) is 5.78 Å². The third-order valence-electron chi connectivity index (χ3n) is 5.86. The van der Waals surface area contributed by atoms with Crippen LogP contribution < -0.4 is 0 Å². The molecule has 2 rings (SSSR count). The minimum absolute atomic E-state index is 0.241. The molecular formula is C29H50N2O. The van der Waals surface area contributed by atoms with Gasteiger partial charge in [-0.2, -0.15) is 0 Å². The fourth-order valence-corrected chi connectivity index (χ4v) is 4.33. The van der Waals surface area contributed by atoms with Crippen molar-refractivity contribution in [3.8, 4) is 0 Å². The summed E-state index contributed by atoms with van der Waals surface area (Å²) in [4.78, 5) is 16.7. The van der Waals surface area contributed by atoms with Crippen LogP contribution in [0.2, 0.25) is 0 Å². The van der Waals surface area contributed by atoms with Gasteiger partial charge in [0, 0.05) is 35.9 Å². The van der Waals surface area contributed by atoms with Crippen LogP contribution in [0.4, 0.5) is 0 Å². The zero-order valence-electron chi connectivity index (χ0n) is 22.6. The van der Waals surface area contributed by atoms with Gasteiger partial charge in [-0.25, -0.2) is 0 Å². The number of hydrogen-bond acceptors (Lipinski definition) is 3. The van der Waals surface area contributed by atoms with Gasteiger partial charge in [-0.15, -0.1) is 0 Å². The van der Waals surface area contributed by atoms with Crippen LogP contribution in [0.15, 0.2) is 59.0 Å². The highest BCUT2D eigenvalue weighted by Crippen LogP contribution is 2.44. The Bertz CT molecular complexity index is 707. The van der Waals surface area contributed by atoms with Gasteiger partial charge < -0.3 is 9.80 Å². The third-order valence-corrected chi connectivity index (χ3v) is 5.86. The first-order chi connectivity index (χ1) is 15.3. The van der Waals surface area contributed by atoms with Crippen LogP contribution in [0, 0.1) is 5.92 Å². The third kappa shape index (κ3) is 8.58. The second kappa shape index (κ2) is 16.7. The fraction of sp³-hybridized carbons (Fsp3) is 0.621. The normalized spacial score (nSPS) is 19.7. The summed E-state index contributed by atoms with van der Waals surface area (Å²) in [5.41, 5.74) is 6.03. The summed E-state index contributed by atoms with van der Waals surface area (Å²) in [6, 6.07) is 0. The van der Waals surface area contributed by atoms with Crippen LogP contribution >= 0.6 is 0 Å². The van der Waals surface area contributed by atoms with Crippen LogP contribution in [0.25, 0.3) is 0 Å². The first-order valence-corrected chi connectivity index (χ1v) is 12.7. The molecule has 0 bridgehead atoms. The highest BCUT2D eigenvalue weighted by Gasteiger charge is 2.35. The van der Waals surface area contributed by atoms with Crippen molar-refractivity contribution in [2.24, 2.45) is 5.92 Å². The van der Waals surface area contributed by atoms with E-state index in [2.05, 4.69) is 76.4 Å². The molecule has 0 radical (unpaired) electrons. The van der Waals surface area contributed by atoms with Crippen LogP contribution in [-0.4, -0.2) is 42.8 Å². The summed E-state index contributed by atoms with van der Waals surface area (Å²) >= 11 is 0. The number of allylic oxidation sites excluding steroid dienone is 8. The molecular weight excluding hydrogens is 392 g/mol. The van der Waals surface area contributed by atoms with E-state index in [1.165, 1.54) is 48.3 Å². The summed E-state index contributed by atoms with van der Waals surface area (Å²) in [7, 11) is 4.24. The Morgan fingerprint density at radius 2 is 1.78 bits per heavy atom. The van der Waals surface area contributed by atoms with Gasteiger partial charge in [0.25, 0.3) is 0 Å².